The number of methoxy groups -OCH3 is 1. The number of aromatic nitrogens is 1. The number of amides is 1. The van der Waals surface area contributed by atoms with E-state index in [2.05, 4.69) is 29.1 Å². The van der Waals surface area contributed by atoms with Crippen LogP contribution in [0, 0.1) is 13.8 Å². The molecule has 0 spiro atoms. The van der Waals surface area contributed by atoms with E-state index in [0.717, 1.165) is 41.0 Å². The molecule has 0 unspecified atom stereocenters. The number of morpholine rings is 1. The topological polar surface area (TPSA) is 68.0 Å². The summed E-state index contributed by atoms with van der Waals surface area (Å²) in [6, 6.07) is 15.8. The number of ether oxygens (including phenoxy) is 2. The van der Waals surface area contributed by atoms with Gasteiger partial charge in [-0.2, -0.15) is 0 Å². The van der Waals surface area contributed by atoms with Gasteiger partial charge in [0.05, 0.1) is 31.9 Å². The minimum absolute atomic E-state index is 0.0329. The molecule has 1 aliphatic heterocycles. The first-order valence-corrected chi connectivity index (χ1v) is 11.3. The smallest absolute Gasteiger partial charge is 0.254 e. The molecular weight excluding hydrogens is 418 g/mol. The van der Waals surface area contributed by atoms with E-state index in [0.29, 0.717) is 44.4 Å². The van der Waals surface area contributed by atoms with E-state index in [-0.39, 0.29) is 5.91 Å². The van der Waals surface area contributed by atoms with Crippen molar-refractivity contribution in [2.75, 3.05) is 51.5 Å². The molecule has 7 nitrogen and oxygen atoms in total. The van der Waals surface area contributed by atoms with Crippen LogP contribution in [-0.2, 0) is 16.0 Å². The number of rotatable bonds is 8. The second-order valence-electron chi connectivity index (χ2n) is 8.32. The van der Waals surface area contributed by atoms with E-state index in [9.17, 15) is 4.79 Å². The van der Waals surface area contributed by atoms with Crippen molar-refractivity contribution < 1.29 is 18.8 Å². The summed E-state index contributed by atoms with van der Waals surface area (Å²) in [5, 5.41) is 4.46. The van der Waals surface area contributed by atoms with Gasteiger partial charge in [0.25, 0.3) is 5.91 Å². The molecule has 2 aromatic carbocycles. The van der Waals surface area contributed by atoms with Crippen LogP contribution in [0.15, 0.2) is 53.1 Å². The SMILES string of the molecule is COCCN(Cc1c(-c2cccc(C)c2)noc1N1CCOCC1)C(=O)c1ccccc1C. The summed E-state index contributed by atoms with van der Waals surface area (Å²) in [6.45, 7) is 8.00. The molecule has 1 fully saturated rings. The first-order chi connectivity index (χ1) is 16.1. The number of carbonyl (C=O) groups excluding carboxylic acids is 1. The standard InChI is InChI=1S/C26H31N3O4/c1-19-7-6-9-21(17-19)24-23(26(33-27-24)28-12-15-32-16-13-28)18-29(11-14-31-3)25(30)22-10-5-4-8-20(22)2/h4-10,17H,11-16,18H2,1-3H3. The van der Waals surface area contributed by atoms with E-state index in [1.807, 2.05) is 48.2 Å². The Morgan fingerprint density at radius 3 is 2.64 bits per heavy atom. The first-order valence-electron chi connectivity index (χ1n) is 11.3. The molecular formula is C26H31N3O4. The summed E-state index contributed by atoms with van der Waals surface area (Å²) in [6.07, 6.45) is 0. The molecule has 174 valence electrons. The quantitative estimate of drug-likeness (QED) is 0.516. The van der Waals surface area contributed by atoms with Gasteiger partial charge in [0.2, 0.25) is 5.88 Å². The van der Waals surface area contributed by atoms with Crippen LogP contribution < -0.4 is 4.90 Å². The fourth-order valence-corrected chi connectivity index (χ4v) is 4.11. The van der Waals surface area contributed by atoms with Gasteiger partial charge in [-0.1, -0.05) is 47.1 Å². The van der Waals surface area contributed by atoms with Crippen molar-refractivity contribution >= 4 is 11.8 Å². The molecule has 3 aromatic rings. The lowest BCUT2D eigenvalue weighted by Gasteiger charge is -2.28. The zero-order valence-electron chi connectivity index (χ0n) is 19.5. The van der Waals surface area contributed by atoms with Gasteiger partial charge >= 0.3 is 0 Å². The molecule has 7 heteroatoms. The van der Waals surface area contributed by atoms with Crippen LogP contribution in [0.3, 0.4) is 0 Å². The third-order valence-corrected chi connectivity index (χ3v) is 5.93. The lowest BCUT2D eigenvalue weighted by atomic mass is 10.0. The Bertz CT molecular complexity index is 1090. The maximum absolute atomic E-state index is 13.6. The van der Waals surface area contributed by atoms with Crippen molar-refractivity contribution in [2.45, 2.75) is 20.4 Å². The molecule has 0 bridgehead atoms. The highest BCUT2D eigenvalue weighted by molar-refractivity contribution is 5.95. The Labute approximate surface area is 194 Å². The largest absolute Gasteiger partial charge is 0.383 e. The van der Waals surface area contributed by atoms with Crippen LogP contribution in [0.4, 0.5) is 5.88 Å². The number of benzene rings is 2. The Morgan fingerprint density at radius 2 is 1.91 bits per heavy atom. The molecule has 0 N–H and O–H groups in total. The predicted molar refractivity (Wildman–Crippen MR) is 128 cm³/mol. The van der Waals surface area contributed by atoms with Crippen molar-refractivity contribution in [3.05, 3.63) is 70.8 Å². The van der Waals surface area contributed by atoms with Gasteiger partial charge in [-0.3, -0.25) is 4.79 Å². The average molecular weight is 450 g/mol. The Hall–Kier alpha value is -3.16. The van der Waals surface area contributed by atoms with E-state index in [1.54, 1.807) is 7.11 Å². The Morgan fingerprint density at radius 1 is 1.12 bits per heavy atom. The maximum Gasteiger partial charge on any atom is 0.254 e. The molecule has 0 saturated carbocycles. The molecule has 0 radical (unpaired) electrons. The predicted octanol–water partition coefficient (Wildman–Crippen LogP) is 4.08. The third-order valence-electron chi connectivity index (χ3n) is 5.93. The van der Waals surface area contributed by atoms with E-state index in [4.69, 9.17) is 14.0 Å². The molecule has 4 rings (SSSR count). The monoisotopic (exact) mass is 449 g/mol. The summed E-state index contributed by atoms with van der Waals surface area (Å²) in [7, 11) is 1.65. The van der Waals surface area contributed by atoms with Crippen molar-refractivity contribution in [1.82, 2.24) is 10.1 Å². The Kier molecular flexibility index (Phi) is 7.42. The zero-order chi connectivity index (χ0) is 23.2. The molecule has 0 aliphatic carbocycles. The number of hydrogen-bond acceptors (Lipinski definition) is 6. The van der Waals surface area contributed by atoms with Crippen LogP contribution >= 0.6 is 0 Å². The molecule has 2 heterocycles. The van der Waals surface area contributed by atoms with Gasteiger partial charge in [0.15, 0.2) is 0 Å². The van der Waals surface area contributed by atoms with Crippen molar-refractivity contribution in [1.29, 1.82) is 0 Å². The highest BCUT2D eigenvalue weighted by atomic mass is 16.5. The maximum atomic E-state index is 13.6. The minimum atomic E-state index is -0.0329. The molecule has 0 atom stereocenters. The summed E-state index contributed by atoms with van der Waals surface area (Å²) < 4.78 is 16.7. The molecule has 33 heavy (non-hydrogen) atoms. The molecule has 1 aromatic heterocycles. The third kappa shape index (κ3) is 5.26. The van der Waals surface area contributed by atoms with Crippen LogP contribution in [0.2, 0.25) is 0 Å². The van der Waals surface area contributed by atoms with Gasteiger partial charge in [0.1, 0.15) is 5.69 Å². The fourth-order valence-electron chi connectivity index (χ4n) is 4.11. The van der Waals surface area contributed by atoms with Crippen molar-refractivity contribution in [3.8, 4) is 11.3 Å². The lowest BCUT2D eigenvalue weighted by molar-refractivity contribution is 0.0679. The number of carbonyl (C=O) groups is 1. The lowest BCUT2D eigenvalue weighted by Crippen LogP contribution is -2.38. The summed E-state index contributed by atoms with van der Waals surface area (Å²) in [5.74, 6) is 0.671. The normalized spacial score (nSPS) is 13.8. The minimum Gasteiger partial charge on any atom is -0.383 e. The van der Waals surface area contributed by atoms with Crippen LogP contribution in [0.1, 0.15) is 27.0 Å². The van der Waals surface area contributed by atoms with Gasteiger partial charge in [-0.25, -0.2) is 0 Å². The van der Waals surface area contributed by atoms with E-state index in [1.165, 1.54) is 0 Å². The molecule has 1 saturated heterocycles. The second kappa shape index (κ2) is 10.6. The number of anilines is 1. The number of aryl methyl sites for hydroxylation is 2. The van der Waals surface area contributed by atoms with Gasteiger partial charge in [-0.15, -0.1) is 0 Å². The Balaban J connectivity index is 1.74. The summed E-state index contributed by atoms with van der Waals surface area (Å²) in [5.41, 5.74) is 5.42. The van der Waals surface area contributed by atoms with Gasteiger partial charge in [-0.05, 0) is 31.5 Å². The summed E-state index contributed by atoms with van der Waals surface area (Å²) >= 11 is 0. The van der Waals surface area contributed by atoms with Gasteiger partial charge in [0, 0.05) is 37.9 Å². The molecule has 1 amide bonds. The van der Waals surface area contributed by atoms with E-state index >= 15 is 0 Å². The highest BCUT2D eigenvalue weighted by Gasteiger charge is 2.28. The van der Waals surface area contributed by atoms with Gasteiger partial charge < -0.3 is 23.8 Å². The van der Waals surface area contributed by atoms with Crippen LogP contribution in [-0.4, -0.2) is 62.5 Å². The number of nitrogens with zero attached hydrogens (tertiary/aromatic N) is 3. The average Bonchev–Trinajstić information content (AvgIpc) is 3.25. The number of hydrogen-bond donors (Lipinski definition) is 0. The fraction of sp³-hybridized carbons (Fsp3) is 0.385. The van der Waals surface area contributed by atoms with Crippen LogP contribution in [0.5, 0.6) is 0 Å². The first kappa shape index (κ1) is 23.0. The summed E-state index contributed by atoms with van der Waals surface area (Å²) in [4.78, 5) is 17.5. The van der Waals surface area contributed by atoms with Crippen molar-refractivity contribution in [3.63, 3.8) is 0 Å². The zero-order valence-corrected chi connectivity index (χ0v) is 19.5. The van der Waals surface area contributed by atoms with Crippen molar-refractivity contribution in [2.24, 2.45) is 0 Å². The second-order valence-corrected chi connectivity index (χ2v) is 8.32. The van der Waals surface area contributed by atoms with Crippen LogP contribution in [0.25, 0.3) is 11.3 Å². The molecule has 1 aliphatic rings. The van der Waals surface area contributed by atoms with E-state index < -0.39 is 0 Å². The highest BCUT2D eigenvalue weighted by Crippen LogP contribution is 2.33.